The summed E-state index contributed by atoms with van der Waals surface area (Å²) in [5, 5.41) is 18.0. The minimum absolute atomic E-state index is 0.298. The van der Waals surface area contributed by atoms with Gasteiger partial charge in [-0.2, -0.15) is 0 Å². The van der Waals surface area contributed by atoms with E-state index in [2.05, 4.69) is 10.3 Å². The third-order valence-electron chi connectivity index (χ3n) is 2.72. The van der Waals surface area contributed by atoms with Gasteiger partial charge in [-0.1, -0.05) is 22.9 Å². The van der Waals surface area contributed by atoms with Crippen LogP contribution in [0.15, 0.2) is 24.4 Å². The first-order valence-electron chi connectivity index (χ1n) is 5.62. The molecule has 0 amide bonds. The number of aliphatic hydroxyl groups is 1. The van der Waals surface area contributed by atoms with Crippen LogP contribution in [-0.2, 0) is 13.0 Å². The second-order valence-corrected chi connectivity index (χ2v) is 4.34. The highest BCUT2D eigenvalue weighted by Gasteiger charge is 2.15. The summed E-state index contributed by atoms with van der Waals surface area (Å²) in [6, 6.07) is 4.13. The molecule has 2 aromatic rings. The van der Waals surface area contributed by atoms with Gasteiger partial charge in [-0.05, 0) is 24.6 Å². The van der Waals surface area contributed by atoms with Crippen molar-refractivity contribution < 1.29 is 9.50 Å². The van der Waals surface area contributed by atoms with Crippen LogP contribution in [0.4, 0.5) is 4.39 Å². The Bertz CT molecular complexity index is 544. The van der Waals surface area contributed by atoms with Crippen LogP contribution in [-0.4, -0.2) is 20.1 Å². The van der Waals surface area contributed by atoms with E-state index in [4.69, 9.17) is 11.6 Å². The number of nitrogens with zero attached hydrogens (tertiary/aromatic N) is 3. The summed E-state index contributed by atoms with van der Waals surface area (Å²) in [5.74, 6) is -0.390. The molecule has 1 unspecified atom stereocenters. The highest BCUT2D eigenvalue weighted by Crippen LogP contribution is 2.23. The zero-order chi connectivity index (χ0) is 13.1. The van der Waals surface area contributed by atoms with E-state index < -0.39 is 11.9 Å². The van der Waals surface area contributed by atoms with Gasteiger partial charge in [0, 0.05) is 18.0 Å². The topological polar surface area (TPSA) is 50.9 Å². The second-order valence-electron chi connectivity index (χ2n) is 3.93. The molecule has 1 aromatic heterocycles. The van der Waals surface area contributed by atoms with Crippen LogP contribution in [0.25, 0.3) is 0 Å². The summed E-state index contributed by atoms with van der Waals surface area (Å²) in [6.07, 6.45) is 1.06. The van der Waals surface area contributed by atoms with Gasteiger partial charge in [0.15, 0.2) is 0 Å². The number of hydrogen-bond acceptors (Lipinski definition) is 3. The van der Waals surface area contributed by atoms with Gasteiger partial charge in [0.05, 0.1) is 11.9 Å². The van der Waals surface area contributed by atoms with Crippen molar-refractivity contribution >= 4 is 11.6 Å². The van der Waals surface area contributed by atoms with Crippen molar-refractivity contribution in [1.82, 2.24) is 15.0 Å². The first kappa shape index (κ1) is 13.0. The van der Waals surface area contributed by atoms with E-state index in [9.17, 15) is 9.50 Å². The highest BCUT2D eigenvalue weighted by atomic mass is 35.5. The SMILES string of the molecule is CCn1nncc1C(O)Cc1ccc(F)cc1Cl. The Hall–Kier alpha value is -1.46. The summed E-state index contributed by atoms with van der Waals surface area (Å²) in [4.78, 5) is 0. The molecule has 0 fully saturated rings. The van der Waals surface area contributed by atoms with Gasteiger partial charge in [-0.3, -0.25) is 0 Å². The van der Waals surface area contributed by atoms with Gasteiger partial charge in [-0.15, -0.1) is 5.10 Å². The molecule has 0 aliphatic carbocycles. The Morgan fingerprint density at radius 3 is 2.94 bits per heavy atom. The fourth-order valence-corrected chi connectivity index (χ4v) is 2.01. The Balaban J connectivity index is 2.18. The van der Waals surface area contributed by atoms with Crippen LogP contribution in [0, 0.1) is 5.82 Å². The van der Waals surface area contributed by atoms with E-state index in [1.54, 1.807) is 10.7 Å². The van der Waals surface area contributed by atoms with E-state index in [1.807, 2.05) is 6.92 Å². The van der Waals surface area contributed by atoms with Gasteiger partial charge >= 0.3 is 0 Å². The lowest BCUT2D eigenvalue weighted by Crippen LogP contribution is -2.10. The predicted octanol–water partition coefficient (Wildman–Crippen LogP) is 2.37. The Morgan fingerprint density at radius 2 is 2.28 bits per heavy atom. The predicted molar refractivity (Wildman–Crippen MR) is 65.8 cm³/mol. The summed E-state index contributed by atoms with van der Waals surface area (Å²) < 4.78 is 14.5. The quantitative estimate of drug-likeness (QED) is 0.927. The Labute approximate surface area is 109 Å². The number of rotatable bonds is 4. The van der Waals surface area contributed by atoms with Crippen LogP contribution in [0.5, 0.6) is 0 Å². The van der Waals surface area contributed by atoms with Crippen molar-refractivity contribution in [1.29, 1.82) is 0 Å². The third-order valence-corrected chi connectivity index (χ3v) is 3.07. The molecule has 0 bridgehead atoms. The van der Waals surface area contributed by atoms with Crippen molar-refractivity contribution in [3.63, 3.8) is 0 Å². The summed E-state index contributed by atoms with van der Waals surface area (Å²) in [6.45, 7) is 2.54. The monoisotopic (exact) mass is 269 g/mol. The molecule has 0 aliphatic heterocycles. The van der Waals surface area contributed by atoms with Crippen LogP contribution >= 0.6 is 11.6 Å². The average molecular weight is 270 g/mol. The third kappa shape index (κ3) is 2.68. The maximum atomic E-state index is 12.9. The van der Waals surface area contributed by atoms with E-state index in [0.29, 0.717) is 29.2 Å². The molecule has 0 saturated carbocycles. The summed E-state index contributed by atoms with van der Waals surface area (Å²) in [7, 11) is 0. The summed E-state index contributed by atoms with van der Waals surface area (Å²) >= 11 is 5.92. The van der Waals surface area contributed by atoms with Crippen molar-refractivity contribution in [2.45, 2.75) is 26.0 Å². The van der Waals surface area contributed by atoms with Crippen LogP contribution in [0.3, 0.4) is 0 Å². The molecule has 1 aromatic carbocycles. The molecule has 0 saturated heterocycles. The fraction of sp³-hybridized carbons (Fsp3) is 0.333. The van der Waals surface area contributed by atoms with Crippen molar-refractivity contribution in [2.75, 3.05) is 0 Å². The molecule has 0 spiro atoms. The van der Waals surface area contributed by atoms with Crippen molar-refractivity contribution in [2.24, 2.45) is 0 Å². The molecule has 18 heavy (non-hydrogen) atoms. The molecule has 4 nitrogen and oxygen atoms in total. The largest absolute Gasteiger partial charge is 0.386 e. The number of halogens is 2. The lowest BCUT2D eigenvalue weighted by Gasteiger charge is -2.12. The Morgan fingerprint density at radius 1 is 1.50 bits per heavy atom. The maximum absolute atomic E-state index is 12.9. The molecular weight excluding hydrogens is 257 g/mol. The van der Waals surface area contributed by atoms with E-state index in [1.165, 1.54) is 18.3 Å². The standard InChI is InChI=1S/C12H13ClFN3O/c1-2-17-11(7-15-16-17)12(18)5-8-3-4-9(14)6-10(8)13/h3-4,6-7,12,18H,2,5H2,1H3. The van der Waals surface area contributed by atoms with Gasteiger partial charge in [0.1, 0.15) is 11.9 Å². The minimum atomic E-state index is -0.761. The lowest BCUT2D eigenvalue weighted by atomic mass is 10.1. The normalized spacial score (nSPS) is 12.7. The molecule has 96 valence electrons. The molecule has 0 radical (unpaired) electrons. The van der Waals surface area contributed by atoms with Gasteiger partial charge in [-0.25, -0.2) is 9.07 Å². The maximum Gasteiger partial charge on any atom is 0.124 e. The van der Waals surface area contributed by atoms with Crippen LogP contribution in [0.2, 0.25) is 5.02 Å². The molecule has 2 rings (SSSR count). The fourth-order valence-electron chi connectivity index (χ4n) is 1.77. The smallest absolute Gasteiger partial charge is 0.124 e. The first-order valence-corrected chi connectivity index (χ1v) is 6.00. The molecule has 6 heteroatoms. The van der Waals surface area contributed by atoms with E-state index >= 15 is 0 Å². The molecule has 1 heterocycles. The average Bonchev–Trinajstić information content (AvgIpc) is 2.81. The number of hydrogen-bond donors (Lipinski definition) is 1. The lowest BCUT2D eigenvalue weighted by molar-refractivity contribution is 0.167. The number of aromatic nitrogens is 3. The van der Waals surface area contributed by atoms with Gasteiger partial charge in [0.25, 0.3) is 0 Å². The molecule has 1 N–H and O–H groups in total. The van der Waals surface area contributed by atoms with Gasteiger partial charge < -0.3 is 5.11 Å². The van der Waals surface area contributed by atoms with Crippen molar-refractivity contribution in [3.8, 4) is 0 Å². The van der Waals surface area contributed by atoms with Crippen LogP contribution < -0.4 is 0 Å². The highest BCUT2D eigenvalue weighted by molar-refractivity contribution is 6.31. The molecular formula is C12H13ClFN3O. The second kappa shape index (κ2) is 5.46. The van der Waals surface area contributed by atoms with E-state index in [0.717, 1.165) is 0 Å². The van der Waals surface area contributed by atoms with Crippen molar-refractivity contribution in [3.05, 3.63) is 46.5 Å². The number of aliphatic hydroxyl groups excluding tert-OH is 1. The van der Waals surface area contributed by atoms with Crippen LogP contribution in [0.1, 0.15) is 24.3 Å². The zero-order valence-corrected chi connectivity index (χ0v) is 10.6. The first-order chi connectivity index (χ1) is 8.61. The zero-order valence-electron chi connectivity index (χ0n) is 9.85. The summed E-state index contributed by atoms with van der Waals surface area (Å²) in [5.41, 5.74) is 1.31. The molecule has 0 aliphatic rings. The minimum Gasteiger partial charge on any atom is -0.386 e. The molecule has 1 atom stereocenters. The van der Waals surface area contributed by atoms with E-state index in [-0.39, 0.29) is 0 Å². The number of aryl methyl sites for hydroxylation is 1. The number of benzene rings is 1. The Kier molecular flexibility index (Phi) is 3.93. The van der Waals surface area contributed by atoms with Gasteiger partial charge in [0.2, 0.25) is 0 Å².